The summed E-state index contributed by atoms with van der Waals surface area (Å²) in [4.78, 5) is 8.21. The lowest BCUT2D eigenvalue weighted by atomic mass is 10.0. The van der Waals surface area contributed by atoms with E-state index in [-0.39, 0.29) is 0 Å². The zero-order chi connectivity index (χ0) is 12.5. The number of rotatable bonds is 1. The molecule has 18 heavy (non-hydrogen) atoms. The molecule has 0 aliphatic carbocycles. The van der Waals surface area contributed by atoms with Crippen LogP contribution in [0.5, 0.6) is 0 Å². The molecule has 0 N–H and O–H groups in total. The van der Waals surface area contributed by atoms with Crippen molar-refractivity contribution in [3.63, 3.8) is 0 Å². The van der Waals surface area contributed by atoms with Gasteiger partial charge in [-0.25, -0.2) is 9.97 Å². The zero-order valence-electron chi connectivity index (χ0n) is 9.89. The van der Waals surface area contributed by atoms with Gasteiger partial charge in [-0.3, -0.25) is 0 Å². The van der Waals surface area contributed by atoms with Gasteiger partial charge in [0.2, 0.25) is 0 Å². The molecule has 0 unspecified atom stereocenters. The summed E-state index contributed by atoms with van der Waals surface area (Å²) in [6, 6.07) is 14.5. The van der Waals surface area contributed by atoms with Gasteiger partial charge in [-0.05, 0) is 30.2 Å². The van der Waals surface area contributed by atoms with E-state index in [9.17, 15) is 0 Å². The Labute approximate surface area is 110 Å². The van der Waals surface area contributed by atoms with E-state index in [1.807, 2.05) is 12.1 Å². The lowest BCUT2D eigenvalue weighted by molar-refractivity contribution is 1.22. The van der Waals surface area contributed by atoms with E-state index in [1.54, 1.807) is 0 Å². The van der Waals surface area contributed by atoms with Crippen molar-refractivity contribution in [3.05, 3.63) is 59.5 Å². The SMILES string of the molecule is Cc1ccc(-c2ccc3ncnc(Cl)c3c2)cc1. The normalized spacial score (nSPS) is 10.8. The van der Waals surface area contributed by atoms with Crippen LogP contribution < -0.4 is 0 Å². The Morgan fingerprint density at radius 2 is 1.61 bits per heavy atom. The lowest BCUT2D eigenvalue weighted by Crippen LogP contribution is -1.85. The quantitative estimate of drug-likeness (QED) is 0.607. The Bertz CT molecular complexity index is 705. The Morgan fingerprint density at radius 1 is 0.889 bits per heavy atom. The largest absolute Gasteiger partial charge is 0.236 e. The fourth-order valence-corrected chi connectivity index (χ4v) is 2.15. The summed E-state index contributed by atoms with van der Waals surface area (Å²) in [5, 5.41) is 1.38. The van der Waals surface area contributed by atoms with Gasteiger partial charge in [-0.15, -0.1) is 0 Å². The van der Waals surface area contributed by atoms with Crippen LogP contribution in [0.15, 0.2) is 48.8 Å². The highest BCUT2D eigenvalue weighted by molar-refractivity contribution is 6.34. The van der Waals surface area contributed by atoms with Crippen molar-refractivity contribution in [1.82, 2.24) is 9.97 Å². The summed E-state index contributed by atoms with van der Waals surface area (Å²) in [5.74, 6) is 0. The molecule has 0 atom stereocenters. The summed E-state index contributed by atoms with van der Waals surface area (Å²) in [6.45, 7) is 2.08. The molecule has 0 saturated heterocycles. The van der Waals surface area contributed by atoms with Gasteiger partial charge in [0.15, 0.2) is 0 Å². The number of hydrogen-bond donors (Lipinski definition) is 0. The molecular formula is C15H11ClN2. The molecule has 0 amide bonds. The third-order valence-corrected chi connectivity index (χ3v) is 3.27. The third kappa shape index (κ3) is 1.95. The molecule has 1 heterocycles. The second-order valence-corrected chi connectivity index (χ2v) is 4.62. The first-order valence-corrected chi connectivity index (χ1v) is 6.09. The smallest absolute Gasteiger partial charge is 0.140 e. The molecule has 0 aliphatic rings. The molecule has 0 spiro atoms. The highest BCUT2D eigenvalue weighted by Gasteiger charge is 2.04. The van der Waals surface area contributed by atoms with Crippen molar-refractivity contribution in [2.24, 2.45) is 0 Å². The maximum absolute atomic E-state index is 6.09. The molecule has 1 aromatic heterocycles. The maximum Gasteiger partial charge on any atom is 0.140 e. The summed E-state index contributed by atoms with van der Waals surface area (Å²) >= 11 is 6.09. The van der Waals surface area contributed by atoms with Crippen molar-refractivity contribution >= 4 is 22.5 Å². The van der Waals surface area contributed by atoms with Gasteiger partial charge < -0.3 is 0 Å². The number of benzene rings is 2. The van der Waals surface area contributed by atoms with Crippen molar-refractivity contribution in [1.29, 1.82) is 0 Å². The summed E-state index contributed by atoms with van der Waals surface area (Å²) in [5.41, 5.74) is 4.41. The van der Waals surface area contributed by atoms with E-state index in [4.69, 9.17) is 11.6 Å². The molecule has 0 radical (unpaired) electrons. The molecule has 2 aromatic carbocycles. The Kier molecular flexibility index (Phi) is 2.73. The summed E-state index contributed by atoms with van der Waals surface area (Å²) in [7, 11) is 0. The van der Waals surface area contributed by atoms with E-state index >= 15 is 0 Å². The highest BCUT2D eigenvalue weighted by atomic mass is 35.5. The second-order valence-electron chi connectivity index (χ2n) is 4.26. The fourth-order valence-electron chi connectivity index (χ4n) is 1.95. The van der Waals surface area contributed by atoms with Crippen molar-refractivity contribution < 1.29 is 0 Å². The minimum atomic E-state index is 0.494. The van der Waals surface area contributed by atoms with Crippen LogP contribution in [-0.4, -0.2) is 9.97 Å². The highest BCUT2D eigenvalue weighted by Crippen LogP contribution is 2.26. The van der Waals surface area contributed by atoms with Crippen LogP contribution in [-0.2, 0) is 0 Å². The molecule has 0 bridgehead atoms. The Hall–Kier alpha value is -1.93. The molecule has 2 nitrogen and oxygen atoms in total. The predicted molar refractivity (Wildman–Crippen MR) is 74.7 cm³/mol. The standard InChI is InChI=1S/C15H11ClN2/c1-10-2-4-11(5-3-10)12-6-7-14-13(8-12)15(16)18-9-17-14/h2-9H,1H3. The summed E-state index contributed by atoms with van der Waals surface area (Å²) < 4.78 is 0. The predicted octanol–water partition coefficient (Wildman–Crippen LogP) is 4.26. The number of aryl methyl sites for hydroxylation is 1. The number of nitrogens with zero attached hydrogens (tertiary/aromatic N) is 2. The molecule has 3 rings (SSSR count). The first-order chi connectivity index (χ1) is 8.74. The lowest BCUT2D eigenvalue weighted by Gasteiger charge is -2.05. The number of halogens is 1. The maximum atomic E-state index is 6.09. The van der Waals surface area contributed by atoms with Gasteiger partial charge in [0.25, 0.3) is 0 Å². The van der Waals surface area contributed by atoms with Crippen LogP contribution in [0, 0.1) is 6.92 Å². The van der Waals surface area contributed by atoms with Crippen LogP contribution in [0.3, 0.4) is 0 Å². The van der Waals surface area contributed by atoms with Crippen molar-refractivity contribution in [2.45, 2.75) is 6.92 Å². The zero-order valence-corrected chi connectivity index (χ0v) is 10.6. The molecule has 3 heteroatoms. The van der Waals surface area contributed by atoms with Gasteiger partial charge in [-0.1, -0.05) is 47.5 Å². The van der Waals surface area contributed by atoms with Crippen molar-refractivity contribution in [2.75, 3.05) is 0 Å². The average Bonchev–Trinajstić information content (AvgIpc) is 2.40. The van der Waals surface area contributed by atoms with E-state index in [0.717, 1.165) is 16.5 Å². The first-order valence-electron chi connectivity index (χ1n) is 5.71. The van der Waals surface area contributed by atoms with Crippen LogP contribution in [0.25, 0.3) is 22.0 Å². The van der Waals surface area contributed by atoms with Crippen LogP contribution in [0.1, 0.15) is 5.56 Å². The molecular weight excluding hydrogens is 244 g/mol. The van der Waals surface area contributed by atoms with E-state index < -0.39 is 0 Å². The average molecular weight is 255 g/mol. The van der Waals surface area contributed by atoms with Gasteiger partial charge in [0.05, 0.1) is 5.52 Å². The van der Waals surface area contributed by atoms with Gasteiger partial charge in [0, 0.05) is 5.39 Å². The van der Waals surface area contributed by atoms with Gasteiger partial charge in [0.1, 0.15) is 11.5 Å². The number of fused-ring (bicyclic) bond motifs is 1. The number of aromatic nitrogens is 2. The minimum absolute atomic E-state index is 0.494. The monoisotopic (exact) mass is 254 g/mol. The fraction of sp³-hybridized carbons (Fsp3) is 0.0667. The third-order valence-electron chi connectivity index (χ3n) is 2.97. The Morgan fingerprint density at radius 3 is 2.39 bits per heavy atom. The van der Waals surface area contributed by atoms with Crippen molar-refractivity contribution in [3.8, 4) is 11.1 Å². The molecule has 0 saturated carbocycles. The van der Waals surface area contributed by atoms with Crippen LogP contribution in [0.2, 0.25) is 5.15 Å². The number of hydrogen-bond acceptors (Lipinski definition) is 2. The van der Waals surface area contributed by atoms with Gasteiger partial charge in [-0.2, -0.15) is 0 Å². The first kappa shape index (κ1) is 11.2. The van der Waals surface area contributed by atoms with E-state index in [0.29, 0.717) is 5.15 Å². The van der Waals surface area contributed by atoms with E-state index in [1.165, 1.54) is 17.5 Å². The van der Waals surface area contributed by atoms with Gasteiger partial charge >= 0.3 is 0 Å². The van der Waals surface area contributed by atoms with Crippen LogP contribution >= 0.6 is 11.6 Å². The minimum Gasteiger partial charge on any atom is -0.236 e. The molecule has 3 aromatic rings. The topological polar surface area (TPSA) is 25.8 Å². The summed E-state index contributed by atoms with van der Waals surface area (Å²) in [6.07, 6.45) is 1.48. The van der Waals surface area contributed by atoms with E-state index in [2.05, 4.69) is 47.2 Å². The second kappa shape index (κ2) is 4.39. The molecule has 0 aliphatic heterocycles. The Balaban J connectivity index is 2.18. The molecule has 0 fully saturated rings. The van der Waals surface area contributed by atoms with Crippen LogP contribution in [0.4, 0.5) is 0 Å². The molecule has 88 valence electrons.